The second-order valence-electron chi connectivity index (χ2n) is 5.03. The minimum atomic E-state index is -0.0246. The summed E-state index contributed by atoms with van der Waals surface area (Å²) in [6.45, 7) is 4.00. The number of aromatic nitrogens is 3. The average molecular weight is 283 g/mol. The molecule has 0 saturated carbocycles. The van der Waals surface area contributed by atoms with E-state index in [4.69, 9.17) is 0 Å². The summed E-state index contributed by atoms with van der Waals surface area (Å²) in [6, 6.07) is 3.88. The summed E-state index contributed by atoms with van der Waals surface area (Å²) in [6.07, 6.45) is 6.60. The van der Waals surface area contributed by atoms with Gasteiger partial charge in [-0.2, -0.15) is 0 Å². The highest BCUT2D eigenvalue weighted by molar-refractivity contribution is 5.95. The SMILES string of the molecule is Cc1ncncc1C(=O)N1CCNCC1c1cccnc1. The Bertz CT molecular complexity index is 631. The topological polar surface area (TPSA) is 71.0 Å². The molecule has 0 radical (unpaired) electrons. The molecule has 2 aromatic heterocycles. The minimum absolute atomic E-state index is 0.0143. The van der Waals surface area contributed by atoms with Crippen molar-refractivity contribution in [3.8, 4) is 0 Å². The maximum Gasteiger partial charge on any atom is 0.257 e. The molecule has 1 N–H and O–H groups in total. The molecule has 1 unspecified atom stereocenters. The Balaban J connectivity index is 1.91. The van der Waals surface area contributed by atoms with Crippen LogP contribution in [0.2, 0.25) is 0 Å². The van der Waals surface area contributed by atoms with E-state index >= 15 is 0 Å². The minimum Gasteiger partial charge on any atom is -0.329 e. The molecule has 0 spiro atoms. The lowest BCUT2D eigenvalue weighted by Gasteiger charge is -2.36. The van der Waals surface area contributed by atoms with Crippen molar-refractivity contribution in [2.45, 2.75) is 13.0 Å². The van der Waals surface area contributed by atoms with Crippen molar-refractivity contribution in [2.24, 2.45) is 0 Å². The van der Waals surface area contributed by atoms with Crippen LogP contribution in [-0.4, -0.2) is 45.4 Å². The number of hydrogen-bond donors (Lipinski definition) is 1. The third-order valence-corrected chi connectivity index (χ3v) is 3.72. The highest BCUT2D eigenvalue weighted by atomic mass is 16.2. The molecular weight excluding hydrogens is 266 g/mol. The molecule has 2 aromatic rings. The number of nitrogens with zero attached hydrogens (tertiary/aromatic N) is 4. The van der Waals surface area contributed by atoms with Crippen molar-refractivity contribution >= 4 is 5.91 Å². The Hall–Kier alpha value is -2.34. The van der Waals surface area contributed by atoms with Crippen LogP contribution in [0, 0.1) is 6.92 Å². The predicted molar refractivity (Wildman–Crippen MR) is 77.7 cm³/mol. The normalized spacial score (nSPS) is 18.5. The molecule has 21 heavy (non-hydrogen) atoms. The van der Waals surface area contributed by atoms with Gasteiger partial charge in [0.15, 0.2) is 0 Å². The van der Waals surface area contributed by atoms with Gasteiger partial charge in [-0.1, -0.05) is 6.07 Å². The van der Waals surface area contributed by atoms with Crippen LogP contribution in [0.15, 0.2) is 37.1 Å². The molecule has 6 heteroatoms. The van der Waals surface area contributed by atoms with Crippen LogP contribution < -0.4 is 5.32 Å². The summed E-state index contributed by atoms with van der Waals surface area (Å²) >= 11 is 0. The summed E-state index contributed by atoms with van der Waals surface area (Å²) in [7, 11) is 0. The number of hydrogen-bond acceptors (Lipinski definition) is 5. The van der Waals surface area contributed by atoms with E-state index in [1.54, 1.807) is 12.4 Å². The zero-order valence-electron chi connectivity index (χ0n) is 11.9. The molecule has 3 heterocycles. The van der Waals surface area contributed by atoms with Gasteiger partial charge in [0.2, 0.25) is 0 Å². The van der Waals surface area contributed by atoms with Crippen LogP contribution in [0.25, 0.3) is 0 Å². The first-order valence-corrected chi connectivity index (χ1v) is 6.95. The number of nitrogens with one attached hydrogen (secondary N) is 1. The highest BCUT2D eigenvalue weighted by Crippen LogP contribution is 2.23. The number of carbonyl (C=O) groups is 1. The van der Waals surface area contributed by atoms with Gasteiger partial charge in [0, 0.05) is 38.2 Å². The quantitative estimate of drug-likeness (QED) is 0.889. The molecule has 1 aliphatic rings. The van der Waals surface area contributed by atoms with Crippen LogP contribution in [0.4, 0.5) is 0 Å². The van der Waals surface area contributed by atoms with E-state index in [-0.39, 0.29) is 11.9 Å². The van der Waals surface area contributed by atoms with Gasteiger partial charge < -0.3 is 10.2 Å². The zero-order chi connectivity index (χ0) is 14.7. The van der Waals surface area contributed by atoms with Gasteiger partial charge in [-0.15, -0.1) is 0 Å². The second kappa shape index (κ2) is 5.97. The van der Waals surface area contributed by atoms with Crippen LogP contribution >= 0.6 is 0 Å². The lowest BCUT2D eigenvalue weighted by atomic mass is 10.0. The molecule has 1 amide bonds. The first-order valence-electron chi connectivity index (χ1n) is 6.95. The van der Waals surface area contributed by atoms with Crippen molar-refractivity contribution in [1.29, 1.82) is 0 Å². The van der Waals surface area contributed by atoms with E-state index in [1.165, 1.54) is 6.33 Å². The maximum absolute atomic E-state index is 12.8. The van der Waals surface area contributed by atoms with Crippen molar-refractivity contribution in [3.05, 3.63) is 53.9 Å². The molecule has 0 aliphatic carbocycles. The van der Waals surface area contributed by atoms with Crippen molar-refractivity contribution < 1.29 is 4.79 Å². The Kier molecular flexibility index (Phi) is 3.87. The van der Waals surface area contributed by atoms with E-state index < -0.39 is 0 Å². The fourth-order valence-corrected chi connectivity index (χ4v) is 2.57. The molecule has 1 atom stereocenters. The van der Waals surface area contributed by atoms with Crippen LogP contribution in [0.5, 0.6) is 0 Å². The van der Waals surface area contributed by atoms with E-state index in [9.17, 15) is 4.79 Å². The molecule has 1 fully saturated rings. The number of aryl methyl sites for hydroxylation is 1. The molecule has 0 aromatic carbocycles. The molecular formula is C15H17N5O. The average Bonchev–Trinajstić information content (AvgIpc) is 2.55. The van der Waals surface area contributed by atoms with Gasteiger partial charge in [-0.05, 0) is 18.6 Å². The first kappa shape index (κ1) is 13.6. The van der Waals surface area contributed by atoms with Crippen molar-refractivity contribution in [2.75, 3.05) is 19.6 Å². The smallest absolute Gasteiger partial charge is 0.257 e. The van der Waals surface area contributed by atoms with E-state index in [0.29, 0.717) is 17.8 Å². The largest absolute Gasteiger partial charge is 0.329 e. The van der Waals surface area contributed by atoms with E-state index in [0.717, 1.165) is 18.7 Å². The van der Waals surface area contributed by atoms with Gasteiger partial charge in [0.1, 0.15) is 6.33 Å². The van der Waals surface area contributed by atoms with Gasteiger partial charge >= 0.3 is 0 Å². The third kappa shape index (κ3) is 2.75. The Labute approximate surface area is 123 Å². The standard InChI is InChI=1S/C15H17N5O/c1-11-13(8-18-10-19-11)15(21)20-6-5-17-9-14(20)12-3-2-4-16-7-12/h2-4,7-8,10,14,17H,5-6,9H2,1H3. The lowest BCUT2D eigenvalue weighted by molar-refractivity contribution is 0.0632. The Morgan fingerprint density at radius 3 is 3.05 bits per heavy atom. The summed E-state index contributed by atoms with van der Waals surface area (Å²) < 4.78 is 0. The van der Waals surface area contributed by atoms with Crippen molar-refractivity contribution in [3.63, 3.8) is 0 Å². The van der Waals surface area contributed by atoms with Gasteiger partial charge in [0.05, 0.1) is 17.3 Å². The number of carbonyl (C=O) groups excluding carboxylic acids is 1. The highest BCUT2D eigenvalue weighted by Gasteiger charge is 2.29. The monoisotopic (exact) mass is 283 g/mol. The van der Waals surface area contributed by atoms with Crippen LogP contribution in [0.3, 0.4) is 0 Å². The summed E-state index contributed by atoms with van der Waals surface area (Å²) in [4.78, 5) is 26.9. The third-order valence-electron chi connectivity index (χ3n) is 3.72. The van der Waals surface area contributed by atoms with Crippen LogP contribution in [0.1, 0.15) is 27.7 Å². The molecule has 1 aliphatic heterocycles. The lowest BCUT2D eigenvalue weighted by Crippen LogP contribution is -2.48. The van der Waals surface area contributed by atoms with E-state index in [1.807, 2.05) is 30.2 Å². The fourth-order valence-electron chi connectivity index (χ4n) is 2.57. The number of rotatable bonds is 2. The molecule has 108 valence electrons. The number of amides is 1. The molecule has 0 bridgehead atoms. The second-order valence-corrected chi connectivity index (χ2v) is 5.03. The molecule has 1 saturated heterocycles. The Morgan fingerprint density at radius 1 is 1.38 bits per heavy atom. The van der Waals surface area contributed by atoms with Crippen molar-refractivity contribution in [1.82, 2.24) is 25.2 Å². The fraction of sp³-hybridized carbons (Fsp3) is 0.333. The molecule has 6 nitrogen and oxygen atoms in total. The first-order chi connectivity index (χ1) is 10.3. The summed E-state index contributed by atoms with van der Waals surface area (Å²) in [5.74, 6) is -0.0246. The number of piperazine rings is 1. The predicted octanol–water partition coefficient (Wildman–Crippen LogP) is 0.967. The molecule has 3 rings (SSSR count). The van der Waals surface area contributed by atoms with Gasteiger partial charge in [0.25, 0.3) is 5.91 Å². The van der Waals surface area contributed by atoms with Gasteiger partial charge in [-0.25, -0.2) is 9.97 Å². The summed E-state index contributed by atoms with van der Waals surface area (Å²) in [5, 5.41) is 3.33. The van der Waals surface area contributed by atoms with E-state index in [2.05, 4.69) is 20.3 Å². The van der Waals surface area contributed by atoms with Crippen LogP contribution in [-0.2, 0) is 0 Å². The summed E-state index contributed by atoms with van der Waals surface area (Å²) in [5.41, 5.74) is 2.30. The zero-order valence-corrected chi connectivity index (χ0v) is 11.9. The Morgan fingerprint density at radius 2 is 2.29 bits per heavy atom. The number of pyridine rings is 1. The maximum atomic E-state index is 12.8. The van der Waals surface area contributed by atoms with Gasteiger partial charge in [-0.3, -0.25) is 9.78 Å².